The lowest BCUT2D eigenvalue weighted by atomic mass is 10.1. The normalized spacial score (nSPS) is 11.7. The fourth-order valence-electron chi connectivity index (χ4n) is 3.16. The largest absolute Gasteiger partial charge is 0.493 e. The number of benzene rings is 2. The van der Waals surface area contributed by atoms with Crippen LogP contribution in [0.4, 0.5) is 4.39 Å². The van der Waals surface area contributed by atoms with Crippen molar-refractivity contribution >= 4 is 17.2 Å². The number of thiazole rings is 1. The van der Waals surface area contributed by atoms with E-state index in [0.29, 0.717) is 29.4 Å². The maximum Gasteiger partial charge on any atom is 0.254 e. The standard InChI is InChI=1S/C24H27FN2O4S/c1-5-16(2)27(24(28)17-9-11-18(25)12-10-17)13-19-15-32-22(26-19)14-31-23-20(29-3)7-6-8-21(23)30-4/h6-12,15-16H,5,13-14H2,1-4H3/t16-/m1/s1. The number of halogens is 1. The smallest absolute Gasteiger partial charge is 0.254 e. The molecule has 0 radical (unpaired) electrons. The molecule has 0 aliphatic carbocycles. The van der Waals surface area contributed by atoms with E-state index in [1.807, 2.05) is 25.3 Å². The second kappa shape index (κ2) is 10.9. The zero-order chi connectivity index (χ0) is 23.1. The molecule has 1 amide bonds. The number of rotatable bonds is 10. The minimum Gasteiger partial charge on any atom is -0.493 e. The molecule has 0 bridgehead atoms. The first kappa shape index (κ1) is 23.5. The molecule has 0 aliphatic heterocycles. The second-order valence-electron chi connectivity index (χ2n) is 7.21. The minimum absolute atomic E-state index is 0.00629. The first-order valence-electron chi connectivity index (χ1n) is 10.3. The third-order valence-corrected chi connectivity index (χ3v) is 6.00. The quantitative estimate of drug-likeness (QED) is 0.412. The Bertz CT molecular complexity index is 1020. The van der Waals surface area contributed by atoms with Crippen molar-refractivity contribution in [2.45, 2.75) is 39.5 Å². The molecule has 170 valence electrons. The molecule has 3 rings (SSSR count). The number of hydrogen-bond donors (Lipinski definition) is 0. The van der Waals surface area contributed by atoms with Crippen LogP contribution >= 0.6 is 11.3 Å². The van der Waals surface area contributed by atoms with E-state index in [1.165, 1.54) is 35.6 Å². The number of carbonyl (C=O) groups is 1. The Labute approximate surface area is 191 Å². The van der Waals surface area contributed by atoms with Gasteiger partial charge in [0.15, 0.2) is 11.5 Å². The van der Waals surface area contributed by atoms with Crippen molar-refractivity contribution in [3.8, 4) is 17.2 Å². The first-order valence-corrected chi connectivity index (χ1v) is 11.2. The number of aromatic nitrogens is 1. The van der Waals surface area contributed by atoms with Gasteiger partial charge in [-0.3, -0.25) is 4.79 Å². The third kappa shape index (κ3) is 5.56. The highest BCUT2D eigenvalue weighted by Crippen LogP contribution is 2.37. The van der Waals surface area contributed by atoms with Gasteiger partial charge in [0.25, 0.3) is 5.91 Å². The van der Waals surface area contributed by atoms with E-state index >= 15 is 0 Å². The highest BCUT2D eigenvalue weighted by atomic mass is 32.1. The minimum atomic E-state index is -0.368. The van der Waals surface area contributed by atoms with E-state index < -0.39 is 0 Å². The molecule has 0 saturated carbocycles. The number of para-hydroxylation sites is 1. The fraction of sp³-hybridized carbons (Fsp3) is 0.333. The SMILES string of the molecule is CC[C@@H](C)N(Cc1csc(COc2c(OC)cccc2OC)n1)C(=O)c1ccc(F)cc1. The van der Waals surface area contributed by atoms with Gasteiger partial charge >= 0.3 is 0 Å². The second-order valence-corrected chi connectivity index (χ2v) is 8.15. The van der Waals surface area contributed by atoms with Gasteiger partial charge in [-0.15, -0.1) is 11.3 Å². The molecule has 1 aromatic heterocycles. The van der Waals surface area contributed by atoms with Crippen LogP contribution in [0.1, 0.15) is 41.3 Å². The monoisotopic (exact) mass is 458 g/mol. The first-order chi connectivity index (χ1) is 15.5. The number of carbonyl (C=O) groups excluding carboxylic acids is 1. The Balaban J connectivity index is 1.72. The predicted molar refractivity (Wildman–Crippen MR) is 122 cm³/mol. The highest BCUT2D eigenvalue weighted by molar-refractivity contribution is 7.09. The Morgan fingerprint density at radius 2 is 1.78 bits per heavy atom. The molecular weight excluding hydrogens is 431 g/mol. The van der Waals surface area contributed by atoms with E-state index in [9.17, 15) is 9.18 Å². The van der Waals surface area contributed by atoms with Gasteiger partial charge in [0, 0.05) is 17.0 Å². The van der Waals surface area contributed by atoms with Crippen LogP contribution in [0.5, 0.6) is 17.2 Å². The molecule has 32 heavy (non-hydrogen) atoms. The van der Waals surface area contributed by atoms with E-state index in [4.69, 9.17) is 14.2 Å². The van der Waals surface area contributed by atoms with Gasteiger partial charge in [0.1, 0.15) is 17.4 Å². The molecule has 6 nitrogen and oxygen atoms in total. The van der Waals surface area contributed by atoms with Crippen molar-refractivity contribution in [3.63, 3.8) is 0 Å². The Morgan fingerprint density at radius 1 is 1.12 bits per heavy atom. The summed E-state index contributed by atoms with van der Waals surface area (Å²) >= 11 is 1.46. The lowest BCUT2D eigenvalue weighted by Gasteiger charge is -2.28. The molecule has 2 aromatic carbocycles. The Kier molecular flexibility index (Phi) is 8.05. The maximum atomic E-state index is 13.3. The van der Waals surface area contributed by atoms with Crippen LogP contribution in [0.25, 0.3) is 0 Å². The summed E-state index contributed by atoms with van der Waals surface area (Å²) < 4.78 is 29.9. The summed E-state index contributed by atoms with van der Waals surface area (Å²) in [5, 5.41) is 2.69. The molecule has 0 saturated heterocycles. The number of amides is 1. The molecule has 0 N–H and O–H groups in total. The molecule has 0 aliphatic rings. The summed E-state index contributed by atoms with van der Waals surface area (Å²) in [6, 6.07) is 11.0. The van der Waals surface area contributed by atoms with Crippen LogP contribution in [0, 0.1) is 5.82 Å². The van der Waals surface area contributed by atoms with Gasteiger partial charge in [-0.25, -0.2) is 9.37 Å². The summed E-state index contributed by atoms with van der Waals surface area (Å²) in [4.78, 5) is 19.4. The zero-order valence-corrected chi connectivity index (χ0v) is 19.4. The van der Waals surface area contributed by atoms with Crippen LogP contribution in [0.15, 0.2) is 47.8 Å². The number of hydrogen-bond acceptors (Lipinski definition) is 6. The van der Waals surface area contributed by atoms with Crippen LogP contribution < -0.4 is 14.2 Å². The molecule has 8 heteroatoms. The van der Waals surface area contributed by atoms with Gasteiger partial charge in [-0.2, -0.15) is 0 Å². The fourth-order valence-corrected chi connectivity index (χ4v) is 3.86. The number of methoxy groups -OCH3 is 2. The highest BCUT2D eigenvalue weighted by Gasteiger charge is 2.22. The summed E-state index contributed by atoms with van der Waals surface area (Å²) in [6.07, 6.45) is 0.792. The molecule has 0 unspecified atom stereocenters. The summed E-state index contributed by atoms with van der Waals surface area (Å²) in [7, 11) is 3.15. The van der Waals surface area contributed by atoms with Crippen LogP contribution in [0.3, 0.4) is 0 Å². The van der Waals surface area contributed by atoms with Crippen molar-refractivity contribution in [2.75, 3.05) is 14.2 Å². The Morgan fingerprint density at radius 3 is 2.38 bits per heavy atom. The van der Waals surface area contributed by atoms with Crippen molar-refractivity contribution in [1.82, 2.24) is 9.88 Å². The van der Waals surface area contributed by atoms with Crippen molar-refractivity contribution in [3.05, 3.63) is 69.9 Å². The van der Waals surface area contributed by atoms with E-state index in [1.54, 1.807) is 31.3 Å². The Hall–Kier alpha value is -3.13. The van der Waals surface area contributed by atoms with Gasteiger partial charge in [-0.1, -0.05) is 13.0 Å². The molecule has 1 atom stereocenters. The van der Waals surface area contributed by atoms with Crippen LogP contribution in [-0.2, 0) is 13.2 Å². The molecule has 1 heterocycles. The number of nitrogens with zero attached hydrogens (tertiary/aromatic N) is 2. The molecule has 0 fully saturated rings. The van der Waals surface area contributed by atoms with Gasteiger partial charge in [0.05, 0.1) is 26.5 Å². The molecule has 3 aromatic rings. The molecular formula is C24H27FN2O4S. The third-order valence-electron chi connectivity index (χ3n) is 5.13. The van der Waals surface area contributed by atoms with Crippen LogP contribution in [-0.4, -0.2) is 36.1 Å². The van der Waals surface area contributed by atoms with Crippen molar-refractivity contribution < 1.29 is 23.4 Å². The average molecular weight is 459 g/mol. The predicted octanol–water partition coefficient (Wildman–Crippen LogP) is 5.32. The van der Waals surface area contributed by atoms with E-state index in [0.717, 1.165) is 17.1 Å². The topological polar surface area (TPSA) is 60.9 Å². The average Bonchev–Trinajstić information content (AvgIpc) is 3.27. The van der Waals surface area contributed by atoms with Crippen molar-refractivity contribution in [1.29, 1.82) is 0 Å². The zero-order valence-electron chi connectivity index (χ0n) is 18.6. The summed E-state index contributed by atoms with van der Waals surface area (Å²) in [5.74, 6) is 1.15. The van der Waals surface area contributed by atoms with Gasteiger partial charge < -0.3 is 19.1 Å². The lowest BCUT2D eigenvalue weighted by Crippen LogP contribution is -2.37. The van der Waals surface area contributed by atoms with Crippen molar-refractivity contribution in [2.24, 2.45) is 0 Å². The number of ether oxygens (including phenoxy) is 3. The molecule has 0 spiro atoms. The van der Waals surface area contributed by atoms with E-state index in [-0.39, 0.29) is 24.4 Å². The lowest BCUT2D eigenvalue weighted by molar-refractivity contribution is 0.0669. The van der Waals surface area contributed by atoms with E-state index in [2.05, 4.69) is 4.98 Å². The van der Waals surface area contributed by atoms with Crippen LogP contribution in [0.2, 0.25) is 0 Å². The van der Waals surface area contributed by atoms with Gasteiger partial charge in [-0.05, 0) is 49.7 Å². The summed E-state index contributed by atoms with van der Waals surface area (Å²) in [5.41, 5.74) is 1.23. The van der Waals surface area contributed by atoms with Gasteiger partial charge in [0.2, 0.25) is 5.75 Å². The maximum absolute atomic E-state index is 13.3. The summed E-state index contributed by atoms with van der Waals surface area (Å²) in [6.45, 7) is 4.62.